The van der Waals surface area contributed by atoms with E-state index in [9.17, 15) is 24.3 Å². The molecule has 1 aromatic carbocycles. The Morgan fingerprint density at radius 1 is 1.08 bits per heavy atom. The van der Waals surface area contributed by atoms with E-state index in [0.29, 0.717) is 56.7 Å². The number of esters is 2. The molecule has 1 aliphatic heterocycles. The van der Waals surface area contributed by atoms with Crippen molar-refractivity contribution in [2.24, 2.45) is 11.8 Å². The number of hydrogen-bond donors (Lipinski definition) is 2. The summed E-state index contributed by atoms with van der Waals surface area (Å²) in [6.07, 6.45) is 5.56. The average molecular weight is 757 g/mol. The van der Waals surface area contributed by atoms with Gasteiger partial charge >= 0.3 is 18.0 Å². The van der Waals surface area contributed by atoms with Crippen molar-refractivity contribution >= 4 is 58.3 Å². The molecule has 2 heterocycles. The number of furan rings is 1. The first-order valence-electron chi connectivity index (χ1n) is 17.6. The van der Waals surface area contributed by atoms with Gasteiger partial charge in [-0.1, -0.05) is 30.4 Å². The molecule has 5 rings (SSSR count). The lowest BCUT2D eigenvalue weighted by atomic mass is 9.94. The minimum Gasteiger partial charge on any atom is -0.508 e. The van der Waals surface area contributed by atoms with E-state index in [1.165, 1.54) is 31.4 Å². The summed E-state index contributed by atoms with van der Waals surface area (Å²) < 4.78 is 28.4. The third-order valence-corrected chi connectivity index (χ3v) is 10.3. The minimum absolute atomic E-state index is 0.00609. The van der Waals surface area contributed by atoms with E-state index in [1.807, 2.05) is 6.07 Å². The number of methoxy groups -OCH3 is 1. The molecule has 0 spiro atoms. The van der Waals surface area contributed by atoms with E-state index >= 15 is 0 Å². The molecule has 1 saturated heterocycles. The van der Waals surface area contributed by atoms with Gasteiger partial charge in [-0.15, -0.1) is 0 Å². The molecule has 0 radical (unpaired) electrons. The summed E-state index contributed by atoms with van der Waals surface area (Å²) in [5, 5.41) is 12.7. The predicted octanol–water partition coefficient (Wildman–Crippen LogP) is 7.15. The normalized spacial score (nSPS) is 21.4. The molecule has 2 N–H and O–H groups in total. The highest BCUT2D eigenvalue weighted by atomic mass is 32.2. The number of hydrogen-bond acceptors (Lipinski definition) is 12. The second kappa shape index (κ2) is 15.9. The summed E-state index contributed by atoms with van der Waals surface area (Å²) >= 11 is 6.96. The molecular formula is C38H48N2O10S2. The number of alkyl carbamates (subject to hydrolysis) is 1. The van der Waals surface area contributed by atoms with Gasteiger partial charge in [0.15, 0.2) is 0 Å². The SMILES string of the molecule is COc1cc(O)cc(-c2cc(CCCOC(=O)[C@H](CC(=O)OC(C)(C)C)NC(=O)OC(C)(C)C)c(/C=C3\SC(=S)N(C4CC5CCC4C5)C3=O)o2)c1. The van der Waals surface area contributed by atoms with Crippen LogP contribution in [0.3, 0.4) is 0 Å². The summed E-state index contributed by atoms with van der Waals surface area (Å²) in [4.78, 5) is 54.3. The molecule has 2 bridgehead atoms. The number of aromatic hydroxyl groups is 1. The number of benzene rings is 1. The Morgan fingerprint density at radius 3 is 2.44 bits per heavy atom. The first-order chi connectivity index (χ1) is 24.4. The van der Waals surface area contributed by atoms with Gasteiger partial charge in [0.05, 0.1) is 25.0 Å². The molecule has 14 heteroatoms. The van der Waals surface area contributed by atoms with Crippen LogP contribution in [0.25, 0.3) is 17.4 Å². The van der Waals surface area contributed by atoms with Crippen LogP contribution in [0.2, 0.25) is 0 Å². The first kappa shape index (κ1) is 39.2. The standard InChI is InChI=1S/C38H48N2O10S2/c1-37(2,3)49-32(42)19-27(39-35(45)50-38(4,5)6)34(44)47-12-8-9-23-17-29(24-15-25(41)18-26(16-24)46-7)48-30(23)20-31-33(43)40(36(51)52-31)28-14-21-10-11-22(28)13-21/h15-18,20-22,27-28,41H,8-14,19H2,1-7H3,(H,39,45)/b31-20-/t21?,22?,27-,28?/m0/s1. The molecule has 3 fully saturated rings. The van der Waals surface area contributed by atoms with Gasteiger partial charge in [-0.05, 0) is 109 Å². The Balaban J connectivity index is 1.31. The lowest BCUT2D eigenvalue weighted by molar-refractivity contribution is -0.159. The number of amides is 2. The molecule has 3 unspecified atom stereocenters. The van der Waals surface area contributed by atoms with E-state index in [2.05, 4.69) is 5.32 Å². The molecule has 1 aromatic heterocycles. The molecule has 4 atom stereocenters. The van der Waals surface area contributed by atoms with Crippen molar-refractivity contribution in [3.05, 3.63) is 40.5 Å². The van der Waals surface area contributed by atoms with E-state index < -0.39 is 41.7 Å². The fourth-order valence-electron chi connectivity index (χ4n) is 6.89. The minimum atomic E-state index is -1.33. The van der Waals surface area contributed by atoms with Gasteiger partial charge in [0.1, 0.15) is 44.6 Å². The number of phenolic OH excluding ortho intramolecular Hbond substituents is 1. The molecule has 3 aliphatic rings. The van der Waals surface area contributed by atoms with Crippen LogP contribution in [-0.4, -0.2) is 75.3 Å². The fraction of sp³-hybridized carbons (Fsp3) is 0.553. The Hall–Kier alpha value is -4.04. The Kier molecular flexibility index (Phi) is 12.0. The molecule has 12 nitrogen and oxygen atoms in total. The highest BCUT2D eigenvalue weighted by Gasteiger charge is 2.48. The van der Waals surface area contributed by atoms with E-state index in [1.54, 1.807) is 64.7 Å². The third kappa shape index (κ3) is 10.1. The number of phenols is 1. The van der Waals surface area contributed by atoms with Crippen LogP contribution in [0.5, 0.6) is 11.5 Å². The molecule has 2 saturated carbocycles. The summed E-state index contributed by atoms with van der Waals surface area (Å²) in [7, 11) is 1.50. The number of fused-ring (bicyclic) bond motifs is 2. The van der Waals surface area contributed by atoms with Gasteiger partial charge in [0.2, 0.25) is 0 Å². The van der Waals surface area contributed by atoms with Crippen molar-refractivity contribution < 1.29 is 47.6 Å². The van der Waals surface area contributed by atoms with Crippen LogP contribution >= 0.6 is 24.0 Å². The second-order valence-electron chi connectivity index (χ2n) is 15.5. The number of aryl methyl sites for hydroxylation is 1. The number of nitrogens with zero attached hydrogens (tertiary/aromatic N) is 1. The van der Waals surface area contributed by atoms with Crippen LogP contribution in [-0.2, 0) is 35.0 Å². The zero-order valence-corrected chi connectivity index (χ0v) is 32.4. The van der Waals surface area contributed by atoms with Gasteiger partial charge in [-0.2, -0.15) is 0 Å². The quantitative estimate of drug-likeness (QED) is 0.0743. The van der Waals surface area contributed by atoms with Crippen LogP contribution in [0.4, 0.5) is 4.79 Å². The van der Waals surface area contributed by atoms with Crippen LogP contribution < -0.4 is 10.1 Å². The van der Waals surface area contributed by atoms with E-state index in [-0.39, 0.29) is 24.3 Å². The van der Waals surface area contributed by atoms with Gasteiger partial charge in [0, 0.05) is 23.7 Å². The summed E-state index contributed by atoms with van der Waals surface area (Å²) in [5.41, 5.74) is -0.322. The number of thioether (sulfide) groups is 1. The van der Waals surface area contributed by atoms with Crippen molar-refractivity contribution in [2.45, 2.75) is 110 Å². The van der Waals surface area contributed by atoms with Crippen molar-refractivity contribution in [1.82, 2.24) is 10.2 Å². The number of thiocarbonyl (C=S) groups is 1. The average Bonchev–Trinajstić information content (AvgIpc) is 3.81. The predicted molar refractivity (Wildman–Crippen MR) is 200 cm³/mol. The molecular weight excluding hydrogens is 709 g/mol. The number of carbonyl (C=O) groups excluding carboxylic acids is 4. The highest BCUT2D eigenvalue weighted by Crippen LogP contribution is 2.49. The maximum Gasteiger partial charge on any atom is 0.408 e. The van der Waals surface area contributed by atoms with Crippen molar-refractivity contribution in [3.63, 3.8) is 0 Å². The van der Waals surface area contributed by atoms with Crippen molar-refractivity contribution in [3.8, 4) is 22.8 Å². The molecule has 282 valence electrons. The van der Waals surface area contributed by atoms with Crippen LogP contribution in [0.1, 0.15) is 91.4 Å². The molecule has 2 aliphatic carbocycles. The molecule has 2 aromatic rings. The Morgan fingerprint density at radius 2 is 1.81 bits per heavy atom. The maximum absolute atomic E-state index is 13.7. The Labute approximate surface area is 313 Å². The monoisotopic (exact) mass is 756 g/mol. The van der Waals surface area contributed by atoms with E-state index in [4.69, 9.17) is 35.6 Å². The van der Waals surface area contributed by atoms with Gasteiger partial charge in [-0.3, -0.25) is 14.5 Å². The third-order valence-electron chi connectivity index (χ3n) is 8.97. The number of ether oxygens (including phenoxy) is 4. The smallest absolute Gasteiger partial charge is 0.408 e. The van der Waals surface area contributed by atoms with Gasteiger partial charge in [0.25, 0.3) is 5.91 Å². The topological polar surface area (TPSA) is 154 Å². The maximum atomic E-state index is 13.7. The largest absolute Gasteiger partial charge is 0.508 e. The van der Waals surface area contributed by atoms with Crippen LogP contribution in [0, 0.1) is 11.8 Å². The zero-order chi connectivity index (χ0) is 38.0. The lowest BCUT2D eigenvalue weighted by Gasteiger charge is -2.30. The van der Waals surface area contributed by atoms with E-state index in [0.717, 1.165) is 24.8 Å². The van der Waals surface area contributed by atoms with Crippen LogP contribution in [0.15, 0.2) is 33.6 Å². The summed E-state index contributed by atoms with van der Waals surface area (Å²) in [5.74, 6) is 0.805. The lowest BCUT2D eigenvalue weighted by Crippen LogP contribution is -2.46. The molecule has 52 heavy (non-hydrogen) atoms. The van der Waals surface area contributed by atoms with Gasteiger partial charge in [-0.25, -0.2) is 9.59 Å². The summed E-state index contributed by atoms with van der Waals surface area (Å²) in [6.45, 7) is 10.1. The summed E-state index contributed by atoms with van der Waals surface area (Å²) in [6, 6.07) is 5.37. The zero-order valence-electron chi connectivity index (χ0n) is 30.7. The number of nitrogens with one attached hydrogen (secondary N) is 1. The first-order valence-corrected chi connectivity index (χ1v) is 18.8. The highest BCUT2D eigenvalue weighted by molar-refractivity contribution is 8.26. The van der Waals surface area contributed by atoms with Gasteiger partial charge < -0.3 is 33.8 Å². The number of rotatable bonds is 12. The van der Waals surface area contributed by atoms with Crippen molar-refractivity contribution in [2.75, 3.05) is 13.7 Å². The number of carbonyl (C=O) groups is 4. The van der Waals surface area contributed by atoms with Crippen molar-refractivity contribution in [1.29, 1.82) is 0 Å². The second-order valence-corrected chi connectivity index (χ2v) is 17.1. The Bertz CT molecular complexity index is 1710. The molecule has 2 amide bonds. The fourth-order valence-corrected chi connectivity index (χ4v) is 8.23.